The van der Waals surface area contributed by atoms with Crippen LogP contribution in [0, 0.1) is 5.92 Å². The summed E-state index contributed by atoms with van der Waals surface area (Å²) in [6.07, 6.45) is -0.351. The molecule has 12 heteroatoms. The number of nitrogens with one attached hydrogen (secondary N) is 2. The van der Waals surface area contributed by atoms with Crippen LogP contribution in [0.4, 0.5) is 10.5 Å². The maximum atomic E-state index is 13.5. The quantitative estimate of drug-likeness (QED) is 0.551. The van der Waals surface area contributed by atoms with Crippen LogP contribution in [0.2, 0.25) is 5.02 Å². The number of likely N-dealkylation sites (N-methyl/N-ethyl adjacent to an activating group) is 1. The highest BCUT2D eigenvalue weighted by Gasteiger charge is 2.31. The summed E-state index contributed by atoms with van der Waals surface area (Å²) >= 11 is 5.89. The molecule has 0 saturated heterocycles. The smallest absolute Gasteiger partial charge is 0.317 e. The van der Waals surface area contributed by atoms with Crippen molar-refractivity contribution in [3.63, 3.8) is 0 Å². The molecule has 0 unspecified atom stereocenters. The van der Waals surface area contributed by atoms with Crippen LogP contribution < -0.4 is 14.8 Å². The molecular formula is C27H37ClN4O6S. The van der Waals surface area contributed by atoms with Crippen LogP contribution in [0.25, 0.3) is 0 Å². The molecule has 3 rings (SSSR count). The molecule has 0 spiro atoms. The summed E-state index contributed by atoms with van der Waals surface area (Å²) in [7, 11) is -0.705. The average Bonchev–Trinajstić information content (AvgIpc) is 2.87. The third kappa shape index (κ3) is 7.77. The summed E-state index contributed by atoms with van der Waals surface area (Å²) in [4.78, 5) is 29.8. The summed E-state index contributed by atoms with van der Waals surface area (Å²) in [6, 6.07) is 9.72. The van der Waals surface area contributed by atoms with E-state index < -0.39 is 10.0 Å². The Labute approximate surface area is 235 Å². The predicted molar refractivity (Wildman–Crippen MR) is 151 cm³/mol. The summed E-state index contributed by atoms with van der Waals surface area (Å²) in [5.41, 5.74) is 0.381. The highest BCUT2D eigenvalue weighted by Crippen LogP contribution is 2.28. The number of rotatable bonds is 5. The fraction of sp³-hybridized carbons (Fsp3) is 0.481. The number of sulfonamides is 1. The van der Waals surface area contributed by atoms with Gasteiger partial charge in [0, 0.05) is 49.9 Å². The van der Waals surface area contributed by atoms with Crippen molar-refractivity contribution in [1.82, 2.24) is 15.1 Å². The third-order valence-corrected chi connectivity index (χ3v) is 8.14. The highest BCUT2D eigenvalue weighted by atomic mass is 35.5. The minimum Gasteiger partial charge on any atom is -0.491 e. The van der Waals surface area contributed by atoms with Gasteiger partial charge in [0.1, 0.15) is 12.4 Å². The molecule has 3 atom stereocenters. The lowest BCUT2D eigenvalue weighted by Gasteiger charge is -2.36. The molecular weight excluding hydrogens is 544 g/mol. The molecule has 0 radical (unpaired) electrons. The van der Waals surface area contributed by atoms with Crippen LogP contribution in [0.1, 0.15) is 38.1 Å². The zero-order valence-corrected chi connectivity index (χ0v) is 24.7. The zero-order chi connectivity index (χ0) is 28.9. The first-order valence-corrected chi connectivity index (χ1v) is 14.6. The minimum absolute atomic E-state index is 0.0323. The first-order chi connectivity index (χ1) is 18.3. The van der Waals surface area contributed by atoms with E-state index in [0.717, 1.165) is 0 Å². The number of ether oxygens (including phenoxy) is 2. The molecule has 0 aromatic heterocycles. The van der Waals surface area contributed by atoms with Crippen molar-refractivity contribution in [3.05, 3.63) is 53.1 Å². The van der Waals surface area contributed by atoms with Gasteiger partial charge in [-0.05, 0) is 63.2 Å². The predicted octanol–water partition coefficient (Wildman–Crippen LogP) is 4.06. The molecule has 3 amide bonds. The number of amides is 3. The van der Waals surface area contributed by atoms with Crippen LogP contribution in [0.3, 0.4) is 0 Å². The van der Waals surface area contributed by atoms with Crippen molar-refractivity contribution >= 4 is 39.2 Å². The van der Waals surface area contributed by atoms with Crippen LogP contribution in [0.5, 0.6) is 5.75 Å². The molecule has 1 heterocycles. The van der Waals surface area contributed by atoms with Crippen molar-refractivity contribution in [3.8, 4) is 5.75 Å². The number of urea groups is 1. The van der Waals surface area contributed by atoms with Crippen LogP contribution >= 0.6 is 11.6 Å². The molecule has 2 N–H and O–H groups in total. The van der Waals surface area contributed by atoms with Crippen molar-refractivity contribution in [2.24, 2.45) is 5.92 Å². The van der Waals surface area contributed by atoms with E-state index in [9.17, 15) is 18.0 Å². The molecule has 0 saturated carbocycles. The second kappa shape index (κ2) is 12.9. The molecule has 1 aliphatic rings. The SMILES string of the molecule is CO[C@@H]1CN(C)C(=O)c2cc(NS(=O)(=O)c3ccc(Cl)cc3)ccc2OC[C@H](C)N(C(=O)NC(C)C)C[C@@H]1C. The van der Waals surface area contributed by atoms with E-state index in [1.807, 2.05) is 27.7 Å². The van der Waals surface area contributed by atoms with Gasteiger partial charge in [0.2, 0.25) is 0 Å². The van der Waals surface area contributed by atoms with E-state index in [1.165, 1.54) is 41.3 Å². The normalized spacial score (nSPS) is 20.9. The van der Waals surface area contributed by atoms with Gasteiger partial charge < -0.3 is 24.6 Å². The third-order valence-electron chi connectivity index (χ3n) is 6.49. The maximum Gasteiger partial charge on any atom is 0.317 e. The van der Waals surface area contributed by atoms with E-state index in [2.05, 4.69) is 10.0 Å². The Morgan fingerprint density at radius 2 is 1.79 bits per heavy atom. The number of fused-ring (bicyclic) bond motifs is 1. The molecule has 0 bridgehead atoms. The number of carbonyl (C=O) groups excluding carboxylic acids is 2. The van der Waals surface area contributed by atoms with E-state index in [4.69, 9.17) is 21.1 Å². The van der Waals surface area contributed by atoms with Gasteiger partial charge >= 0.3 is 6.03 Å². The number of anilines is 1. The van der Waals surface area contributed by atoms with Crippen LogP contribution in [-0.4, -0.2) is 82.2 Å². The highest BCUT2D eigenvalue weighted by molar-refractivity contribution is 7.92. The van der Waals surface area contributed by atoms with E-state index in [1.54, 1.807) is 25.1 Å². The molecule has 0 fully saturated rings. The van der Waals surface area contributed by atoms with Crippen LogP contribution in [0.15, 0.2) is 47.4 Å². The fourth-order valence-electron chi connectivity index (χ4n) is 4.28. The standard InChI is InChI=1S/C27H37ClN4O6S/c1-17(2)29-27(34)32-14-18(3)25(37-6)15-31(5)26(33)23-13-21(9-12-24(23)38-16-19(32)4)30-39(35,36)22-10-7-20(28)8-11-22/h7-13,17-19,25,30H,14-16H2,1-6H3,(H,29,34)/t18-,19-,25+/m0/s1. The van der Waals surface area contributed by atoms with Gasteiger partial charge in [-0.25, -0.2) is 13.2 Å². The number of methoxy groups -OCH3 is 1. The second-order valence-electron chi connectivity index (χ2n) is 10.1. The molecule has 214 valence electrons. The molecule has 2 aromatic rings. The summed E-state index contributed by atoms with van der Waals surface area (Å²) < 4.78 is 40.2. The first kappa shape index (κ1) is 30.5. The second-order valence-corrected chi connectivity index (χ2v) is 12.2. The summed E-state index contributed by atoms with van der Waals surface area (Å²) in [5.74, 6) is -0.170. The van der Waals surface area contributed by atoms with Gasteiger partial charge in [0.15, 0.2) is 0 Å². The monoisotopic (exact) mass is 580 g/mol. The molecule has 1 aliphatic heterocycles. The maximum absolute atomic E-state index is 13.5. The molecule has 39 heavy (non-hydrogen) atoms. The number of halogens is 1. The van der Waals surface area contributed by atoms with Crippen molar-refractivity contribution in [2.75, 3.05) is 38.6 Å². The largest absolute Gasteiger partial charge is 0.491 e. The lowest BCUT2D eigenvalue weighted by Crippen LogP contribution is -2.52. The average molecular weight is 581 g/mol. The number of hydrogen-bond donors (Lipinski definition) is 2. The number of nitrogens with zero attached hydrogens (tertiary/aromatic N) is 2. The Bertz CT molecular complexity index is 1270. The van der Waals surface area contributed by atoms with Crippen molar-refractivity contribution in [1.29, 1.82) is 0 Å². The van der Waals surface area contributed by atoms with Gasteiger partial charge in [-0.15, -0.1) is 0 Å². The lowest BCUT2D eigenvalue weighted by molar-refractivity contribution is 0.0165. The van der Waals surface area contributed by atoms with E-state index in [0.29, 0.717) is 11.6 Å². The number of benzene rings is 2. The molecule has 2 aromatic carbocycles. The van der Waals surface area contributed by atoms with Gasteiger partial charge in [-0.1, -0.05) is 18.5 Å². The van der Waals surface area contributed by atoms with Gasteiger partial charge in [-0.3, -0.25) is 9.52 Å². The Hall–Kier alpha value is -3.02. The lowest BCUT2D eigenvalue weighted by atomic mass is 10.0. The summed E-state index contributed by atoms with van der Waals surface area (Å²) in [5, 5.41) is 3.36. The first-order valence-electron chi connectivity index (χ1n) is 12.7. The molecule has 10 nitrogen and oxygen atoms in total. The fourth-order valence-corrected chi connectivity index (χ4v) is 5.46. The molecule has 0 aliphatic carbocycles. The minimum atomic E-state index is -3.93. The van der Waals surface area contributed by atoms with Gasteiger partial charge in [0.05, 0.1) is 22.6 Å². The van der Waals surface area contributed by atoms with Gasteiger partial charge in [0.25, 0.3) is 15.9 Å². The van der Waals surface area contributed by atoms with Crippen molar-refractivity contribution in [2.45, 2.75) is 50.8 Å². The Morgan fingerprint density at radius 1 is 1.13 bits per heavy atom. The number of hydrogen-bond acceptors (Lipinski definition) is 6. The Kier molecular flexibility index (Phi) is 10.1. The zero-order valence-electron chi connectivity index (χ0n) is 23.1. The summed E-state index contributed by atoms with van der Waals surface area (Å²) in [6.45, 7) is 8.42. The van der Waals surface area contributed by atoms with Crippen molar-refractivity contribution < 1.29 is 27.5 Å². The Morgan fingerprint density at radius 3 is 2.41 bits per heavy atom. The van der Waals surface area contributed by atoms with Gasteiger partial charge in [-0.2, -0.15) is 0 Å². The van der Waals surface area contributed by atoms with Crippen LogP contribution in [-0.2, 0) is 14.8 Å². The number of carbonyl (C=O) groups is 2. The topological polar surface area (TPSA) is 117 Å². The Balaban J connectivity index is 1.97. The van der Waals surface area contributed by atoms with E-state index >= 15 is 0 Å². The van der Waals surface area contributed by atoms with E-state index in [-0.39, 0.29) is 71.1 Å².